The molecule has 2 rings (SSSR count). The maximum absolute atomic E-state index is 11.3. The fraction of sp³-hybridized carbons (Fsp3) is 0.750. The van der Waals surface area contributed by atoms with Crippen molar-refractivity contribution in [1.82, 2.24) is 20.2 Å². The molecule has 0 spiro atoms. The average molecular weight is 212 g/mol. The van der Waals surface area contributed by atoms with E-state index in [9.17, 15) is 4.79 Å². The van der Waals surface area contributed by atoms with E-state index in [0.29, 0.717) is 17.5 Å². The maximum Gasteiger partial charge on any atom is 0.209 e. The van der Waals surface area contributed by atoms with Gasteiger partial charge in [0.2, 0.25) is 5.16 Å². The van der Waals surface area contributed by atoms with E-state index in [1.54, 1.807) is 16.4 Å². The number of rotatable bonds is 2. The van der Waals surface area contributed by atoms with Gasteiger partial charge in [0.15, 0.2) is 0 Å². The van der Waals surface area contributed by atoms with Gasteiger partial charge in [0.05, 0.1) is 0 Å². The number of aromatic nitrogens is 4. The molecule has 1 aromatic rings. The molecule has 0 aromatic carbocycles. The number of aryl methyl sites for hydroxylation is 1. The predicted molar refractivity (Wildman–Crippen MR) is 51.8 cm³/mol. The van der Waals surface area contributed by atoms with Crippen LogP contribution in [0.25, 0.3) is 0 Å². The quantitative estimate of drug-likeness (QED) is 0.721. The molecule has 2 unspecified atom stereocenters. The molecule has 1 fully saturated rings. The second-order valence-electron chi connectivity index (χ2n) is 3.54. The van der Waals surface area contributed by atoms with Crippen LogP contribution in [-0.2, 0) is 11.8 Å². The van der Waals surface area contributed by atoms with Gasteiger partial charge in [0.1, 0.15) is 5.78 Å². The number of tetrazole rings is 1. The lowest BCUT2D eigenvalue weighted by Crippen LogP contribution is -2.13. The fourth-order valence-corrected chi connectivity index (χ4v) is 2.72. The molecule has 5 nitrogen and oxygen atoms in total. The molecular weight excluding hydrogens is 200 g/mol. The van der Waals surface area contributed by atoms with Crippen molar-refractivity contribution in [3.05, 3.63) is 0 Å². The standard InChI is InChI=1S/C8H12N4OS/c1-5-6(13)3-4-7(5)14-8-9-10-11-12(8)2/h5,7H,3-4H2,1-2H3. The monoisotopic (exact) mass is 212 g/mol. The van der Waals surface area contributed by atoms with Crippen LogP contribution in [0.2, 0.25) is 0 Å². The number of carbonyl (C=O) groups excluding carboxylic acids is 1. The van der Waals surface area contributed by atoms with Crippen LogP contribution in [-0.4, -0.2) is 31.2 Å². The number of thioether (sulfide) groups is 1. The zero-order valence-corrected chi connectivity index (χ0v) is 8.99. The van der Waals surface area contributed by atoms with Gasteiger partial charge in [-0.25, -0.2) is 4.68 Å². The van der Waals surface area contributed by atoms with Gasteiger partial charge in [-0.3, -0.25) is 4.79 Å². The van der Waals surface area contributed by atoms with Crippen LogP contribution in [0, 0.1) is 5.92 Å². The Morgan fingerprint density at radius 3 is 2.86 bits per heavy atom. The lowest BCUT2D eigenvalue weighted by atomic mass is 10.1. The van der Waals surface area contributed by atoms with Crippen LogP contribution < -0.4 is 0 Å². The highest BCUT2D eigenvalue weighted by Gasteiger charge is 2.32. The molecule has 14 heavy (non-hydrogen) atoms. The number of carbonyl (C=O) groups is 1. The molecule has 1 heterocycles. The number of ketones is 1. The highest BCUT2D eigenvalue weighted by Crippen LogP contribution is 2.35. The van der Waals surface area contributed by atoms with Gasteiger partial charge in [-0.15, -0.1) is 5.10 Å². The van der Waals surface area contributed by atoms with E-state index in [2.05, 4.69) is 15.5 Å². The lowest BCUT2D eigenvalue weighted by molar-refractivity contribution is -0.120. The van der Waals surface area contributed by atoms with Crippen LogP contribution >= 0.6 is 11.8 Å². The van der Waals surface area contributed by atoms with Crippen molar-refractivity contribution in [2.45, 2.75) is 30.2 Å². The van der Waals surface area contributed by atoms with E-state index >= 15 is 0 Å². The van der Waals surface area contributed by atoms with E-state index in [-0.39, 0.29) is 5.92 Å². The van der Waals surface area contributed by atoms with Crippen molar-refractivity contribution in [1.29, 1.82) is 0 Å². The van der Waals surface area contributed by atoms with E-state index in [1.165, 1.54) is 0 Å². The fourth-order valence-electron chi connectivity index (χ4n) is 1.59. The van der Waals surface area contributed by atoms with Gasteiger partial charge in [-0.1, -0.05) is 18.7 Å². The van der Waals surface area contributed by atoms with Gasteiger partial charge in [0, 0.05) is 24.6 Å². The third-order valence-corrected chi connectivity index (χ3v) is 4.08. The first-order valence-corrected chi connectivity index (χ1v) is 5.48. The minimum atomic E-state index is 0.136. The first-order chi connectivity index (χ1) is 6.68. The molecule has 0 N–H and O–H groups in total. The third kappa shape index (κ3) is 1.66. The molecule has 0 radical (unpaired) electrons. The van der Waals surface area contributed by atoms with E-state index in [4.69, 9.17) is 0 Å². The van der Waals surface area contributed by atoms with Crippen molar-refractivity contribution < 1.29 is 4.79 Å². The van der Waals surface area contributed by atoms with E-state index in [1.807, 2.05) is 14.0 Å². The first kappa shape index (κ1) is 9.64. The smallest absolute Gasteiger partial charge is 0.209 e. The normalized spacial score (nSPS) is 27.1. The molecular formula is C8H12N4OS. The third-order valence-electron chi connectivity index (χ3n) is 2.58. The van der Waals surface area contributed by atoms with Crippen molar-refractivity contribution in [3.63, 3.8) is 0 Å². The highest BCUT2D eigenvalue weighted by molar-refractivity contribution is 7.99. The zero-order valence-electron chi connectivity index (χ0n) is 8.17. The summed E-state index contributed by atoms with van der Waals surface area (Å²) in [6, 6.07) is 0. The number of Topliss-reactive ketones (excluding diaryl/α,β-unsaturated/α-hetero) is 1. The number of hydrogen-bond acceptors (Lipinski definition) is 5. The number of hydrogen-bond donors (Lipinski definition) is 0. The minimum absolute atomic E-state index is 0.136. The summed E-state index contributed by atoms with van der Waals surface area (Å²) in [4.78, 5) is 11.3. The summed E-state index contributed by atoms with van der Waals surface area (Å²) in [6.07, 6.45) is 1.64. The summed E-state index contributed by atoms with van der Waals surface area (Å²) in [5.41, 5.74) is 0. The van der Waals surface area contributed by atoms with Gasteiger partial charge in [-0.2, -0.15) is 0 Å². The van der Waals surface area contributed by atoms with Gasteiger partial charge in [0.25, 0.3) is 0 Å². The Balaban J connectivity index is 2.05. The van der Waals surface area contributed by atoms with Crippen LogP contribution in [0.4, 0.5) is 0 Å². The zero-order chi connectivity index (χ0) is 10.1. The van der Waals surface area contributed by atoms with Crippen LogP contribution in [0.15, 0.2) is 5.16 Å². The van der Waals surface area contributed by atoms with Crippen molar-refractivity contribution in [2.75, 3.05) is 0 Å². The molecule has 6 heteroatoms. The van der Waals surface area contributed by atoms with Gasteiger partial charge in [-0.05, 0) is 16.8 Å². The summed E-state index contributed by atoms with van der Waals surface area (Å²) in [5.74, 6) is 0.495. The first-order valence-electron chi connectivity index (χ1n) is 4.60. The Hall–Kier alpha value is -0.910. The molecule has 2 atom stereocenters. The van der Waals surface area contributed by atoms with Crippen molar-refractivity contribution in [2.24, 2.45) is 13.0 Å². The predicted octanol–water partition coefficient (Wildman–Crippen LogP) is 0.670. The summed E-state index contributed by atoms with van der Waals surface area (Å²) >= 11 is 1.60. The topological polar surface area (TPSA) is 60.7 Å². The average Bonchev–Trinajstić information content (AvgIpc) is 2.68. The minimum Gasteiger partial charge on any atom is -0.299 e. The second-order valence-corrected chi connectivity index (χ2v) is 4.74. The highest BCUT2D eigenvalue weighted by atomic mass is 32.2. The van der Waals surface area contributed by atoms with Crippen LogP contribution in [0.5, 0.6) is 0 Å². The molecule has 1 aliphatic carbocycles. The van der Waals surface area contributed by atoms with Gasteiger partial charge < -0.3 is 0 Å². The molecule has 1 aliphatic rings. The van der Waals surface area contributed by atoms with Crippen molar-refractivity contribution >= 4 is 17.5 Å². The SMILES string of the molecule is CC1C(=O)CCC1Sc1nnnn1C. The van der Waals surface area contributed by atoms with E-state index in [0.717, 1.165) is 11.6 Å². The number of nitrogens with zero attached hydrogens (tertiary/aromatic N) is 4. The lowest BCUT2D eigenvalue weighted by Gasteiger charge is -2.11. The summed E-state index contributed by atoms with van der Waals surface area (Å²) < 4.78 is 1.64. The molecule has 0 amide bonds. The molecule has 1 aromatic heterocycles. The Morgan fingerprint density at radius 1 is 1.57 bits per heavy atom. The van der Waals surface area contributed by atoms with Crippen LogP contribution in [0.1, 0.15) is 19.8 Å². The maximum atomic E-state index is 11.3. The summed E-state index contributed by atoms with van der Waals surface area (Å²) in [7, 11) is 1.81. The summed E-state index contributed by atoms with van der Waals surface area (Å²) in [5, 5.41) is 12.3. The van der Waals surface area contributed by atoms with Gasteiger partial charge >= 0.3 is 0 Å². The summed E-state index contributed by atoms with van der Waals surface area (Å²) in [6.45, 7) is 1.98. The van der Waals surface area contributed by atoms with Crippen LogP contribution in [0.3, 0.4) is 0 Å². The molecule has 0 aliphatic heterocycles. The molecule has 1 saturated carbocycles. The Kier molecular flexibility index (Phi) is 2.54. The second kappa shape index (κ2) is 3.68. The van der Waals surface area contributed by atoms with Crippen molar-refractivity contribution in [3.8, 4) is 0 Å². The Bertz CT molecular complexity index is 351. The molecule has 76 valence electrons. The largest absolute Gasteiger partial charge is 0.299 e. The Labute approximate surface area is 86.2 Å². The molecule has 0 saturated heterocycles. The van der Waals surface area contributed by atoms with E-state index < -0.39 is 0 Å². The molecule has 0 bridgehead atoms. The Morgan fingerprint density at radius 2 is 2.36 bits per heavy atom.